The summed E-state index contributed by atoms with van der Waals surface area (Å²) in [5, 5.41) is 9.89. The smallest absolute Gasteiger partial charge is 0.309 e. The van der Waals surface area contributed by atoms with E-state index in [2.05, 4.69) is 0 Å². The lowest BCUT2D eigenvalue weighted by Gasteiger charge is -2.06. The van der Waals surface area contributed by atoms with E-state index in [9.17, 15) is 9.90 Å². The van der Waals surface area contributed by atoms with E-state index in [1.165, 1.54) is 5.56 Å². The molecule has 23 heavy (non-hydrogen) atoms. The molecule has 0 aliphatic heterocycles. The van der Waals surface area contributed by atoms with Crippen LogP contribution in [0.3, 0.4) is 0 Å². The molecule has 1 N–H and O–H groups in total. The highest BCUT2D eigenvalue weighted by molar-refractivity contribution is 5.71. The van der Waals surface area contributed by atoms with Crippen molar-refractivity contribution in [3.63, 3.8) is 0 Å². The molecule has 0 radical (unpaired) electrons. The largest absolute Gasteiger partial charge is 0.461 e. The number of hydrogen-bond donors (Lipinski definition) is 1. The van der Waals surface area contributed by atoms with Crippen LogP contribution in [0.15, 0.2) is 72.8 Å². The Labute approximate surface area is 137 Å². The van der Waals surface area contributed by atoms with E-state index in [0.717, 1.165) is 12.0 Å². The Kier molecular flexibility index (Phi) is 7.08. The van der Waals surface area contributed by atoms with Gasteiger partial charge in [0.1, 0.15) is 6.61 Å². The minimum Gasteiger partial charge on any atom is -0.461 e. The second-order valence-corrected chi connectivity index (χ2v) is 5.37. The van der Waals surface area contributed by atoms with Crippen molar-refractivity contribution in [2.75, 3.05) is 0 Å². The molecule has 0 heterocycles. The number of aliphatic hydroxyl groups is 1. The summed E-state index contributed by atoms with van der Waals surface area (Å²) in [5.74, 6) is -0.291. The van der Waals surface area contributed by atoms with Crippen molar-refractivity contribution in [1.29, 1.82) is 0 Å². The molecule has 1 atom stereocenters. The molecule has 2 rings (SSSR count). The first kappa shape index (κ1) is 17.0. The fourth-order valence-corrected chi connectivity index (χ4v) is 2.17. The van der Waals surface area contributed by atoms with E-state index in [1.54, 1.807) is 12.2 Å². The van der Waals surface area contributed by atoms with Crippen molar-refractivity contribution in [1.82, 2.24) is 0 Å². The molecule has 0 amide bonds. The highest BCUT2D eigenvalue weighted by atomic mass is 16.5. The molecular weight excluding hydrogens is 288 g/mol. The van der Waals surface area contributed by atoms with Gasteiger partial charge < -0.3 is 9.84 Å². The van der Waals surface area contributed by atoms with Crippen molar-refractivity contribution in [2.24, 2.45) is 0 Å². The van der Waals surface area contributed by atoms with E-state index in [1.807, 2.05) is 60.7 Å². The highest BCUT2D eigenvalue weighted by Gasteiger charge is 2.03. The average molecular weight is 310 g/mol. The van der Waals surface area contributed by atoms with Gasteiger partial charge in [0.05, 0.1) is 12.5 Å². The van der Waals surface area contributed by atoms with Gasteiger partial charge in [-0.2, -0.15) is 0 Å². The molecule has 120 valence electrons. The molecule has 0 saturated heterocycles. The highest BCUT2D eigenvalue weighted by Crippen LogP contribution is 2.06. The Hall–Kier alpha value is -2.39. The molecule has 0 fully saturated rings. The van der Waals surface area contributed by atoms with Crippen molar-refractivity contribution in [3.05, 3.63) is 83.9 Å². The van der Waals surface area contributed by atoms with Crippen LogP contribution in [-0.4, -0.2) is 17.2 Å². The number of aryl methyl sites for hydroxylation is 1. The first-order chi connectivity index (χ1) is 11.2. The quantitative estimate of drug-likeness (QED) is 0.598. The zero-order chi connectivity index (χ0) is 16.3. The van der Waals surface area contributed by atoms with Crippen LogP contribution in [0.4, 0.5) is 0 Å². The maximum Gasteiger partial charge on any atom is 0.309 e. The Balaban J connectivity index is 1.64. The lowest BCUT2D eigenvalue weighted by atomic mass is 10.1. The van der Waals surface area contributed by atoms with Crippen LogP contribution in [0.2, 0.25) is 0 Å². The summed E-state index contributed by atoms with van der Waals surface area (Å²) in [7, 11) is 0. The second-order valence-electron chi connectivity index (χ2n) is 5.37. The number of hydrogen-bond acceptors (Lipinski definition) is 3. The van der Waals surface area contributed by atoms with E-state index in [0.29, 0.717) is 6.42 Å². The molecule has 2 aromatic rings. The zero-order valence-corrected chi connectivity index (χ0v) is 13.1. The van der Waals surface area contributed by atoms with Crippen LogP contribution in [0, 0.1) is 0 Å². The van der Waals surface area contributed by atoms with Crippen LogP contribution in [-0.2, 0) is 22.6 Å². The van der Waals surface area contributed by atoms with Crippen LogP contribution in [0.25, 0.3) is 0 Å². The lowest BCUT2D eigenvalue weighted by molar-refractivity contribution is -0.143. The third kappa shape index (κ3) is 6.94. The van der Waals surface area contributed by atoms with Gasteiger partial charge in [-0.15, -0.1) is 0 Å². The Morgan fingerprint density at radius 3 is 2.26 bits per heavy atom. The van der Waals surface area contributed by atoms with E-state index in [-0.39, 0.29) is 19.0 Å². The number of esters is 1. The Bertz CT molecular complexity index is 605. The van der Waals surface area contributed by atoms with Crippen molar-refractivity contribution in [2.45, 2.75) is 32.0 Å². The van der Waals surface area contributed by atoms with Gasteiger partial charge in [-0.05, 0) is 24.0 Å². The molecular formula is C20H22O3. The molecule has 0 bridgehead atoms. The molecule has 2 aromatic carbocycles. The lowest BCUT2D eigenvalue weighted by Crippen LogP contribution is -2.06. The molecule has 0 spiro atoms. The van der Waals surface area contributed by atoms with E-state index >= 15 is 0 Å². The summed E-state index contributed by atoms with van der Waals surface area (Å²) in [5.41, 5.74) is 2.16. The summed E-state index contributed by atoms with van der Waals surface area (Å²) in [6.07, 6.45) is 4.41. The van der Waals surface area contributed by atoms with Crippen molar-refractivity contribution < 1.29 is 14.6 Å². The van der Waals surface area contributed by atoms with Crippen LogP contribution >= 0.6 is 0 Å². The summed E-state index contributed by atoms with van der Waals surface area (Å²) in [6.45, 7) is 0.282. The van der Waals surface area contributed by atoms with Crippen molar-refractivity contribution in [3.8, 4) is 0 Å². The molecule has 0 unspecified atom stereocenters. The monoisotopic (exact) mass is 310 g/mol. The summed E-state index contributed by atoms with van der Waals surface area (Å²) in [4.78, 5) is 11.6. The first-order valence-electron chi connectivity index (χ1n) is 7.82. The van der Waals surface area contributed by atoms with E-state index in [4.69, 9.17) is 4.74 Å². The summed E-state index contributed by atoms with van der Waals surface area (Å²) in [6, 6.07) is 19.6. The molecule has 0 saturated carbocycles. The van der Waals surface area contributed by atoms with Gasteiger partial charge in [-0.25, -0.2) is 0 Å². The molecule has 0 aromatic heterocycles. The van der Waals surface area contributed by atoms with Gasteiger partial charge in [-0.3, -0.25) is 4.79 Å². The van der Waals surface area contributed by atoms with Gasteiger partial charge in [-0.1, -0.05) is 72.8 Å². The minimum atomic E-state index is -0.544. The molecule has 0 aliphatic rings. The standard InChI is InChI=1S/C20H22O3/c21-19(15-14-17-8-3-1-4-9-17)12-7-13-20(22)23-16-18-10-5-2-6-11-18/h1-12,19,21H,13-16H2/b12-7+/t19-/m0/s1. The molecule has 3 nitrogen and oxygen atoms in total. The predicted octanol–water partition coefficient (Wildman–Crippen LogP) is 3.67. The fraction of sp³-hybridized carbons (Fsp3) is 0.250. The fourth-order valence-electron chi connectivity index (χ4n) is 2.17. The maximum absolute atomic E-state index is 11.6. The first-order valence-corrected chi connectivity index (χ1v) is 7.82. The number of carbonyl (C=O) groups is 1. The number of ether oxygens (including phenoxy) is 1. The number of benzene rings is 2. The van der Waals surface area contributed by atoms with Crippen LogP contribution in [0.5, 0.6) is 0 Å². The number of rotatable bonds is 8. The van der Waals surface area contributed by atoms with Gasteiger partial charge in [0.2, 0.25) is 0 Å². The number of carbonyl (C=O) groups excluding carboxylic acids is 1. The van der Waals surface area contributed by atoms with Crippen molar-refractivity contribution >= 4 is 5.97 Å². The SMILES string of the molecule is O=C(C/C=C/[C@H](O)CCc1ccccc1)OCc1ccccc1. The number of aliphatic hydroxyl groups excluding tert-OH is 1. The van der Waals surface area contributed by atoms with Gasteiger partial charge in [0.25, 0.3) is 0 Å². The minimum absolute atomic E-state index is 0.176. The molecule has 3 heteroatoms. The van der Waals surface area contributed by atoms with Gasteiger partial charge >= 0.3 is 5.97 Å². The van der Waals surface area contributed by atoms with Crippen LogP contribution in [0.1, 0.15) is 24.0 Å². The normalized spacial score (nSPS) is 12.2. The third-order valence-corrected chi connectivity index (χ3v) is 3.46. The van der Waals surface area contributed by atoms with Gasteiger partial charge in [0, 0.05) is 0 Å². The van der Waals surface area contributed by atoms with Crippen LogP contribution < -0.4 is 0 Å². The Morgan fingerprint density at radius 2 is 1.61 bits per heavy atom. The average Bonchev–Trinajstić information content (AvgIpc) is 2.60. The summed E-state index contributed by atoms with van der Waals surface area (Å²) < 4.78 is 5.17. The second kappa shape index (κ2) is 9.59. The van der Waals surface area contributed by atoms with E-state index < -0.39 is 6.10 Å². The summed E-state index contributed by atoms with van der Waals surface area (Å²) >= 11 is 0. The third-order valence-electron chi connectivity index (χ3n) is 3.46. The maximum atomic E-state index is 11.6. The topological polar surface area (TPSA) is 46.5 Å². The Morgan fingerprint density at radius 1 is 1.00 bits per heavy atom. The zero-order valence-electron chi connectivity index (χ0n) is 13.1. The van der Waals surface area contributed by atoms with Gasteiger partial charge in [0.15, 0.2) is 0 Å². The molecule has 0 aliphatic carbocycles. The predicted molar refractivity (Wildman–Crippen MR) is 90.8 cm³/mol.